The molecule has 1 saturated heterocycles. The van der Waals surface area contributed by atoms with E-state index in [1.165, 1.54) is 18.2 Å². The summed E-state index contributed by atoms with van der Waals surface area (Å²) in [4.78, 5) is 16.5. The number of methoxy groups -OCH3 is 2. The van der Waals surface area contributed by atoms with Crippen molar-refractivity contribution in [3.63, 3.8) is 0 Å². The van der Waals surface area contributed by atoms with Crippen LogP contribution in [0.5, 0.6) is 11.5 Å². The fourth-order valence-corrected chi connectivity index (χ4v) is 3.34. The van der Waals surface area contributed by atoms with Crippen molar-refractivity contribution in [2.75, 3.05) is 40.4 Å². The van der Waals surface area contributed by atoms with Crippen LogP contribution in [-0.4, -0.2) is 56.1 Å². The number of halogens is 2. The quantitative estimate of drug-likeness (QED) is 0.781. The lowest BCUT2D eigenvalue weighted by atomic mass is 10.1. The van der Waals surface area contributed by atoms with Gasteiger partial charge in [-0.2, -0.15) is 0 Å². The van der Waals surface area contributed by atoms with E-state index in [1.54, 1.807) is 19.1 Å². The van der Waals surface area contributed by atoms with E-state index >= 15 is 0 Å². The third-order valence-electron chi connectivity index (χ3n) is 4.68. The Labute approximate surface area is 163 Å². The fourth-order valence-electron chi connectivity index (χ4n) is 3.18. The van der Waals surface area contributed by atoms with Gasteiger partial charge >= 0.3 is 0 Å². The minimum Gasteiger partial charge on any atom is -0.493 e. The third kappa shape index (κ3) is 4.51. The number of benzene rings is 2. The second kappa shape index (κ2) is 8.59. The molecule has 1 heterocycles. The maximum Gasteiger partial charge on any atom is 0.256 e. The lowest BCUT2D eigenvalue weighted by Gasteiger charge is -2.35. The van der Waals surface area contributed by atoms with E-state index in [9.17, 15) is 9.18 Å². The van der Waals surface area contributed by atoms with Gasteiger partial charge in [-0.1, -0.05) is 17.7 Å². The standard InChI is InChI=1S/C20H22ClFN2O3/c1-26-18-6-3-14(11-19(18)27-2)13-23-7-9-24(10-8-23)20(25)16-5-4-15(21)12-17(16)22/h3-6,11-12H,7-10,13H2,1-2H3. The zero-order valence-corrected chi connectivity index (χ0v) is 16.1. The molecule has 0 saturated carbocycles. The fraction of sp³-hybridized carbons (Fsp3) is 0.350. The van der Waals surface area contributed by atoms with Gasteiger partial charge in [0, 0.05) is 37.7 Å². The van der Waals surface area contributed by atoms with Gasteiger partial charge in [-0.15, -0.1) is 0 Å². The Morgan fingerprint density at radius 3 is 2.37 bits per heavy atom. The minimum absolute atomic E-state index is 0.0627. The van der Waals surface area contributed by atoms with Gasteiger partial charge in [0.1, 0.15) is 5.82 Å². The Bertz CT molecular complexity index is 823. The van der Waals surface area contributed by atoms with Crippen LogP contribution in [0, 0.1) is 5.82 Å². The van der Waals surface area contributed by atoms with Crippen LogP contribution < -0.4 is 9.47 Å². The van der Waals surface area contributed by atoms with Crippen LogP contribution in [-0.2, 0) is 6.54 Å². The van der Waals surface area contributed by atoms with Crippen molar-refractivity contribution >= 4 is 17.5 Å². The van der Waals surface area contributed by atoms with Crippen LogP contribution in [0.15, 0.2) is 36.4 Å². The molecule has 0 aliphatic carbocycles. The summed E-state index contributed by atoms with van der Waals surface area (Å²) in [6, 6.07) is 9.99. The molecule has 3 rings (SSSR count). The van der Waals surface area contributed by atoms with E-state index in [0.29, 0.717) is 24.6 Å². The lowest BCUT2D eigenvalue weighted by Crippen LogP contribution is -2.48. The van der Waals surface area contributed by atoms with Gasteiger partial charge in [0.2, 0.25) is 0 Å². The number of piperazine rings is 1. The molecule has 5 nitrogen and oxygen atoms in total. The molecule has 0 radical (unpaired) electrons. The van der Waals surface area contributed by atoms with Crippen molar-refractivity contribution in [2.24, 2.45) is 0 Å². The highest BCUT2D eigenvalue weighted by molar-refractivity contribution is 6.30. The number of hydrogen-bond acceptors (Lipinski definition) is 4. The maximum absolute atomic E-state index is 14.0. The molecule has 1 amide bonds. The second-order valence-corrected chi connectivity index (χ2v) is 6.82. The summed E-state index contributed by atoms with van der Waals surface area (Å²) in [6.45, 7) is 3.28. The predicted molar refractivity (Wildman–Crippen MR) is 102 cm³/mol. The van der Waals surface area contributed by atoms with Crippen LogP contribution in [0.25, 0.3) is 0 Å². The first-order valence-corrected chi connectivity index (χ1v) is 9.07. The highest BCUT2D eigenvalue weighted by Crippen LogP contribution is 2.28. The summed E-state index contributed by atoms with van der Waals surface area (Å²) in [5, 5.41) is 0.281. The highest BCUT2D eigenvalue weighted by Gasteiger charge is 2.24. The summed E-state index contributed by atoms with van der Waals surface area (Å²) in [5.74, 6) is 0.513. The Morgan fingerprint density at radius 2 is 1.74 bits per heavy atom. The summed E-state index contributed by atoms with van der Waals surface area (Å²) in [6.07, 6.45) is 0. The molecule has 2 aromatic rings. The molecular formula is C20H22ClFN2O3. The van der Waals surface area contributed by atoms with Crippen LogP contribution in [0.3, 0.4) is 0 Å². The van der Waals surface area contributed by atoms with Crippen molar-refractivity contribution in [3.05, 3.63) is 58.4 Å². The second-order valence-electron chi connectivity index (χ2n) is 6.38. The van der Waals surface area contributed by atoms with Gasteiger partial charge in [0.25, 0.3) is 5.91 Å². The Kier molecular flexibility index (Phi) is 6.19. The van der Waals surface area contributed by atoms with Crippen molar-refractivity contribution < 1.29 is 18.7 Å². The van der Waals surface area contributed by atoms with Gasteiger partial charge in [-0.25, -0.2) is 4.39 Å². The normalized spacial score (nSPS) is 14.9. The lowest BCUT2D eigenvalue weighted by molar-refractivity contribution is 0.0624. The number of carbonyl (C=O) groups excluding carboxylic acids is 1. The molecule has 1 aliphatic rings. The van der Waals surface area contributed by atoms with Gasteiger partial charge in [0.15, 0.2) is 11.5 Å². The molecule has 0 atom stereocenters. The van der Waals surface area contributed by atoms with Crippen LogP contribution in [0.1, 0.15) is 15.9 Å². The topological polar surface area (TPSA) is 42.0 Å². The van der Waals surface area contributed by atoms with E-state index in [2.05, 4.69) is 4.90 Å². The number of nitrogens with zero attached hydrogens (tertiary/aromatic N) is 2. The summed E-state index contributed by atoms with van der Waals surface area (Å²) < 4.78 is 24.6. The zero-order chi connectivity index (χ0) is 19.4. The van der Waals surface area contributed by atoms with E-state index in [4.69, 9.17) is 21.1 Å². The van der Waals surface area contributed by atoms with Crippen LogP contribution >= 0.6 is 11.6 Å². The molecule has 144 valence electrons. The Balaban J connectivity index is 1.59. The van der Waals surface area contributed by atoms with Gasteiger partial charge in [-0.3, -0.25) is 9.69 Å². The first kappa shape index (κ1) is 19.5. The molecule has 0 bridgehead atoms. The van der Waals surface area contributed by atoms with Crippen molar-refractivity contribution in [3.8, 4) is 11.5 Å². The largest absolute Gasteiger partial charge is 0.493 e. The van der Waals surface area contributed by atoms with E-state index in [1.807, 2.05) is 18.2 Å². The van der Waals surface area contributed by atoms with Crippen molar-refractivity contribution in [1.82, 2.24) is 9.80 Å². The van der Waals surface area contributed by atoms with Crippen LogP contribution in [0.4, 0.5) is 4.39 Å². The van der Waals surface area contributed by atoms with Gasteiger partial charge < -0.3 is 14.4 Å². The third-order valence-corrected chi connectivity index (χ3v) is 4.91. The Morgan fingerprint density at radius 1 is 1.04 bits per heavy atom. The molecule has 0 N–H and O–H groups in total. The van der Waals surface area contributed by atoms with Crippen LogP contribution in [0.2, 0.25) is 5.02 Å². The molecule has 1 fully saturated rings. The van der Waals surface area contributed by atoms with E-state index < -0.39 is 5.82 Å². The Hall–Kier alpha value is -2.31. The molecule has 27 heavy (non-hydrogen) atoms. The van der Waals surface area contributed by atoms with Crippen molar-refractivity contribution in [2.45, 2.75) is 6.54 Å². The maximum atomic E-state index is 14.0. The predicted octanol–water partition coefficient (Wildman–Crippen LogP) is 3.45. The summed E-state index contributed by atoms with van der Waals surface area (Å²) >= 11 is 5.76. The van der Waals surface area contributed by atoms with E-state index in [0.717, 1.165) is 25.2 Å². The van der Waals surface area contributed by atoms with Gasteiger partial charge in [0.05, 0.1) is 19.8 Å². The van der Waals surface area contributed by atoms with Crippen molar-refractivity contribution in [1.29, 1.82) is 0 Å². The molecule has 1 aliphatic heterocycles. The first-order chi connectivity index (χ1) is 13.0. The summed E-state index contributed by atoms with van der Waals surface area (Å²) in [5.41, 5.74) is 1.17. The molecule has 0 spiro atoms. The van der Waals surface area contributed by atoms with Gasteiger partial charge in [-0.05, 0) is 35.9 Å². The molecule has 0 unspecified atom stereocenters. The first-order valence-electron chi connectivity index (χ1n) is 8.69. The number of amides is 1. The SMILES string of the molecule is COc1ccc(CN2CCN(C(=O)c3ccc(Cl)cc3F)CC2)cc1OC. The zero-order valence-electron chi connectivity index (χ0n) is 15.4. The minimum atomic E-state index is -0.583. The van der Waals surface area contributed by atoms with E-state index in [-0.39, 0.29) is 16.5 Å². The molecule has 7 heteroatoms. The highest BCUT2D eigenvalue weighted by atomic mass is 35.5. The number of rotatable bonds is 5. The number of carbonyl (C=O) groups is 1. The average molecular weight is 393 g/mol. The molecule has 0 aromatic heterocycles. The molecule has 2 aromatic carbocycles. The summed E-state index contributed by atoms with van der Waals surface area (Å²) in [7, 11) is 3.22. The molecular weight excluding hydrogens is 371 g/mol. The monoisotopic (exact) mass is 392 g/mol. The smallest absolute Gasteiger partial charge is 0.256 e. The number of hydrogen-bond donors (Lipinski definition) is 0. The average Bonchev–Trinajstić information content (AvgIpc) is 2.68. The number of ether oxygens (including phenoxy) is 2.